The zero-order chi connectivity index (χ0) is 16.4. The first-order valence-corrected chi connectivity index (χ1v) is 7.87. The van der Waals surface area contributed by atoms with Crippen LogP contribution in [0.5, 0.6) is 5.75 Å². The lowest BCUT2D eigenvalue weighted by Crippen LogP contribution is -2.21. The van der Waals surface area contributed by atoms with Crippen LogP contribution in [-0.4, -0.2) is 38.6 Å². The van der Waals surface area contributed by atoms with Crippen LogP contribution in [0.3, 0.4) is 0 Å². The summed E-state index contributed by atoms with van der Waals surface area (Å²) in [5.41, 5.74) is 5.18. The molecule has 1 aliphatic heterocycles. The highest BCUT2D eigenvalue weighted by atomic mass is 16.3. The lowest BCUT2D eigenvalue weighted by Gasteiger charge is -2.13. The van der Waals surface area contributed by atoms with Crippen LogP contribution in [0.4, 0.5) is 0 Å². The van der Waals surface area contributed by atoms with Gasteiger partial charge in [-0.2, -0.15) is 10.2 Å². The van der Waals surface area contributed by atoms with E-state index < -0.39 is 0 Å². The monoisotopic (exact) mass is 319 g/mol. The van der Waals surface area contributed by atoms with Gasteiger partial charge >= 0.3 is 0 Å². The van der Waals surface area contributed by atoms with Crippen molar-refractivity contribution in [3.8, 4) is 28.1 Å². The van der Waals surface area contributed by atoms with Gasteiger partial charge in [-0.05, 0) is 48.4 Å². The van der Waals surface area contributed by atoms with Gasteiger partial charge in [-0.3, -0.25) is 5.10 Å². The minimum atomic E-state index is 0.175. The van der Waals surface area contributed by atoms with Crippen LogP contribution in [-0.2, 0) is 0 Å². The predicted octanol–water partition coefficient (Wildman–Crippen LogP) is 2.62. The van der Waals surface area contributed by atoms with Gasteiger partial charge in [0.1, 0.15) is 5.75 Å². The van der Waals surface area contributed by atoms with E-state index in [1.807, 2.05) is 24.3 Å². The zero-order valence-electron chi connectivity index (χ0n) is 13.0. The lowest BCUT2D eigenvalue weighted by molar-refractivity contribution is 0.477. The number of hydrogen-bond acceptors (Lipinski definition) is 5. The van der Waals surface area contributed by atoms with Crippen molar-refractivity contribution in [2.75, 3.05) is 13.1 Å². The number of aromatic amines is 1. The Balaban J connectivity index is 1.63. The van der Waals surface area contributed by atoms with E-state index in [0.717, 1.165) is 36.3 Å². The third-order valence-electron chi connectivity index (χ3n) is 4.13. The molecule has 2 aromatic heterocycles. The summed E-state index contributed by atoms with van der Waals surface area (Å²) in [7, 11) is 0. The van der Waals surface area contributed by atoms with Crippen molar-refractivity contribution < 1.29 is 5.11 Å². The number of rotatable bonds is 3. The maximum absolute atomic E-state index is 10.3. The number of phenolic OH excluding ortho intramolecular Hbond substituents is 1. The Morgan fingerprint density at radius 3 is 2.54 bits per heavy atom. The van der Waals surface area contributed by atoms with Crippen molar-refractivity contribution in [3.05, 3.63) is 54.5 Å². The zero-order valence-corrected chi connectivity index (χ0v) is 13.0. The Morgan fingerprint density at radius 1 is 1.00 bits per heavy atom. The van der Waals surface area contributed by atoms with Crippen LogP contribution in [0, 0.1) is 0 Å². The van der Waals surface area contributed by atoms with Crippen LogP contribution in [0.2, 0.25) is 0 Å². The summed E-state index contributed by atoms with van der Waals surface area (Å²) >= 11 is 0. The van der Waals surface area contributed by atoms with Crippen molar-refractivity contribution in [2.45, 2.75) is 6.42 Å². The summed E-state index contributed by atoms with van der Waals surface area (Å²) in [5, 5.41) is 28.9. The number of benzene rings is 1. The second-order valence-electron chi connectivity index (χ2n) is 5.72. The molecule has 1 aromatic carbocycles. The maximum Gasteiger partial charge on any atom is 0.125 e. The first-order valence-electron chi connectivity index (χ1n) is 7.87. The molecular formula is C18H17N5O. The van der Waals surface area contributed by atoms with Gasteiger partial charge < -0.3 is 10.4 Å². The molecule has 1 aliphatic rings. The number of aromatic hydroxyl groups is 1. The first kappa shape index (κ1) is 14.6. The molecule has 0 spiro atoms. The van der Waals surface area contributed by atoms with Gasteiger partial charge in [0.2, 0.25) is 0 Å². The van der Waals surface area contributed by atoms with Crippen molar-refractivity contribution in [1.29, 1.82) is 0 Å². The van der Waals surface area contributed by atoms with E-state index in [2.05, 4.69) is 31.8 Å². The summed E-state index contributed by atoms with van der Waals surface area (Å²) in [4.78, 5) is 0. The molecule has 3 N–H and O–H groups in total. The predicted molar refractivity (Wildman–Crippen MR) is 92.2 cm³/mol. The highest BCUT2D eigenvalue weighted by molar-refractivity contribution is 5.74. The maximum atomic E-state index is 10.3. The molecule has 0 radical (unpaired) electrons. The fourth-order valence-corrected chi connectivity index (χ4v) is 2.82. The Hall–Kier alpha value is -2.99. The highest BCUT2D eigenvalue weighted by Crippen LogP contribution is 2.32. The number of aromatic nitrogens is 4. The van der Waals surface area contributed by atoms with Gasteiger partial charge in [-0.25, -0.2) is 0 Å². The molecule has 0 atom stereocenters. The average Bonchev–Trinajstić information content (AvgIpc) is 3.17. The summed E-state index contributed by atoms with van der Waals surface area (Å²) < 4.78 is 0. The van der Waals surface area contributed by atoms with Gasteiger partial charge in [0.25, 0.3) is 0 Å². The van der Waals surface area contributed by atoms with E-state index in [1.165, 1.54) is 5.57 Å². The second-order valence-corrected chi connectivity index (χ2v) is 5.72. The summed E-state index contributed by atoms with van der Waals surface area (Å²) in [6.45, 7) is 1.82. The molecule has 0 saturated heterocycles. The molecule has 0 fully saturated rings. The molecule has 120 valence electrons. The standard InChI is InChI=1S/C18H17N5O/c24-18-8-12(14-10-20-21-11-14)3-4-15(18)17-6-5-16(22-23-17)13-2-1-7-19-9-13/h2-6,8,10-11,19,24H,1,7,9H2,(H,20,21). The molecule has 6 nitrogen and oxygen atoms in total. The molecule has 0 bridgehead atoms. The number of phenols is 1. The third kappa shape index (κ3) is 2.79. The van der Waals surface area contributed by atoms with Crippen molar-refractivity contribution in [3.63, 3.8) is 0 Å². The number of nitrogens with one attached hydrogen (secondary N) is 2. The van der Waals surface area contributed by atoms with Crippen LogP contribution in [0.15, 0.2) is 48.8 Å². The van der Waals surface area contributed by atoms with Gasteiger partial charge in [0.15, 0.2) is 0 Å². The SMILES string of the molecule is Oc1cc(-c2cn[nH]c2)ccc1-c1ccc(C2=CCCNC2)nn1. The molecule has 0 aliphatic carbocycles. The Morgan fingerprint density at radius 2 is 1.88 bits per heavy atom. The van der Waals surface area contributed by atoms with Gasteiger partial charge in [0.05, 0.1) is 17.6 Å². The fraction of sp³-hybridized carbons (Fsp3) is 0.167. The van der Waals surface area contributed by atoms with Gasteiger partial charge in [-0.15, -0.1) is 5.10 Å². The van der Waals surface area contributed by atoms with E-state index in [1.54, 1.807) is 18.5 Å². The van der Waals surface area contributed by atoms with Gasteiger partial charge in [-0.1, -0.05) is 12.1 Å². The van der Waals surface area contributed by atoms with Crippen molar-refractivity contribution in [1.82, 2.24) is 25.7 Å². The van der Waals surface area contributed by atoms with E-state index in [4.69, 9.17) is 0 Å². The second kappa shape index (κ2) is 6.25. The molecule has 4 rings (SSSR count). The Kier molecular flexibility index (Phi) is 3.80. The lowest BCUT2D eigenvalue weighted by atomic mass is 10.0. The largest absolute Gasteiger partial charge is 0.507 e. The molecule has 6 heteroatoms. The van der Waals surface area contributed by atoms with Crippen LogP contribution >= 0.6 is 0 Å². The highest BCUT2D eigenvalue weighted by Gasteiger charge is 2.11. The van der Waals surface area contributed by atoms with Crippen LogP contribution < -0.4 is 5.32 Å². The quantitative estimate of drug-likeness (QED) is 0.691. The molecule has 3 heterocycles. The van der Waals surface area contributed by atoms with E-state index >= 15 is 0 Å². The van der Waals surface area contributed by atoms with E-state index in [-0.39, 0.29) is 5.75 Å². The van der Waals surface area contributed by atoms with Gasteiger partial charge in [0, 0.05) is 23.9 Å². The summed E-state index contributed by atoms with van der Waals surface area (Å²) in [6, 6.07) is 9.34. The molecule has 24 heavy (non-hydrogen) atoms. The minimum absolute atomic E-state index is 0.175. The molecule has 0 unspecified atom stereocenters. The summed E-state index contributed by atoms with van der Waals surface area (Å²) in [5.74, 6) is 0.175. The molecule has 0 saturated carbocycles. The number of hydrogen-bond donors (Lipinski definition) is 3. The number of nitrogens with zero attached hydrogens (tertiary/aromatic N) is 3. The summed E-state index contributed by atoms with van der Waals surface area (Å²) in [6.07, 6.45) is 6.70. The average molecular weight is 319 g/mol. The van der Waals surface area contributed by atoms with E-state index in [9.17, 15) is 5.11 Å². The Labute approximate surface area is 139 Å². The minimum Gasteiger partial charge on any atom is -0.507 e. The van der Waals surface area contributed by atoms with Crippen molar-refractivity contribution in [2.24, 2.45) is 0 Å². The smallest absolute Gasteiger partial charge is 0.125 e. The van der Waals surface area contributed by atoms with Crippen LogP contribution in [0.1, 0.15) is 12.1 Å². The molecule has 0 amide bonds. The molecule has 3 aromatic rings. The molecular weight excluding hydrogens is 302 g/mol. The Bertz CT molecular complexity index is 869. The van der Waals surface area contributed by atoms with E-state index in [0.29, 0.717) is 11.3 Å². The van der Waals surface area contributed by atoms with Crippen LogP contribution in [0.25, 0.3) is 28.0 Å². The number of H-pyrrole nitrogens is 1. The topological polar surface area (TPSA) is 86.7 Å². The normalized spacial score (nSPS) is 14.4. The third-order valence-corrected chi connectivity index (χ3v) is 4.13. The van der Waals surface area contributed by atoms with Crippen molar-refractivity contribution >= 4 is 5.57 Å². The fourth-order valence-electron chi connectivity index (χ4n) is 2.82. The first-order chi connectivity index (χ1) is 11.8.